The zero-order valence-corrected chi connectivity index (χ0v) is 11.6. The number of halogens is 3. The van der Waals surface area contributed by atoms with Gasteiger partial charge in [0.2, 0.25) is 0 Å². The van der Waals surface area contributed by atoms with Crippen molar-refractivity contribution in [3.63, 3.8) is 0 Å². The lowest BCUT2D eigenvalue weighted by atomic mass is 10.2. The van der Waals surface area contributed by atoms with Gasteiger partial charge in [-0.15, -0.1) is 0 Å². The van der Waals surface area contributed by atoms with Gasteiger partial charge in [-0.05, 0) is 24.3 Å². The second-order valence-corrected chi connectivity index (χ2v) is 5.04. The molecule has 0 aliphatic heterocycles. The summed E-state index contributed by atoms with van der Waals surface area (Å²) in [7, 11) is 0. The predicted molar refractivity (Wildman–Crippen MR) is 74.3 cm³/mol. The molecule has 0 saturated carbocycles. The Morgan fingerprint density at radius 3 is 2.67 bits per heavy atom. The molecule has 0 aromatic heterocycles. The molecule has 0 bridgehead atoms. The van der Waals surface area contributed by atoms with E-state index < -0.39 is 5.82 Å². The normalized spacial score (nSPS) is 10.4. The van der Waals surface area contributed by atoms with Crippen LogP contribution >= 0.6 is 27.5 Å². The molecule has 0 atom stereocenters. The molecule has 94 valence electrons. The molecule has 2 aromatic carbocycles. The highest BCUT2D eigenvalue weighted by Gasteiger charge is 2.06. The highest BCUT2D eigenvalue weighted by molar-refractivity contribution is 9.10. The summed E-state index contributed by atoms with van der Waals surface area (Å²) in [5.74, 6) is -0.327. The van der Waals surface area contributed by atoms with E-state index in [0.29, 0.717) is 10.7 Å². The molecule has 2 aromatic rings. The lowest BCUT2D eigenvalue weighted by molar-refractivity contribution is 0.290. The topological polar surface area (TPSA) is 35.2 Å². The molecule has 5 heteroatoms. The molecule has 0 radical (unpaired) electrons. The maximum absolute atomic E-state index is 13.5. The molecule has 2 rings (SSSR count). The van der Waals surface area contributed by atoms with Crippen molar-refractivity contribution >= 4 is 33.2 Å². The summed E-state index contributed by atoms with van der Waals surface area (Å²) in [5, 5.41) is 0.570. The van der Waals surface area contributed by atoms with Crippen molar-refractivity contribution in [3.05, 3.63) is 57.3 Å². The van der Waals surface area contributed by atoms with E-state index in [0.717, 1.165) is 10.0 Å². The first kappa shape index (κ1) is 13.2. The minimum atomic E-state index is -0.483. The van der Waals surface area contributed by atoms with Crippen LogP contribution in [0.25, 0.3) is 0 Å². The van der Waals surface area contributed by atoms with Crippen molar-refractivity contribution < 1.29 is 9.13 Å². The van der Waals surface area contributed by atoms with Gasteiger partial charge in [-0.2, -0.15) is 0 Å². The third kappa shape index (κ3) is 3.15. The first-order valence-electron chi connectivity index (χ1n) is 5.18. The number of nitrogen functional groups attached to an aromatic ring is 1. The van der Waals surface area contributed by atoms with E-state index >= 15 is 0 Å². The molecule has 0 aliphatic carbocycles. The number of ether oxygens (including phenoxy) is 1. The summed E-state index contributed by atoms with van der Waals surface area (Å²) in [6, 6.07) is 9.74. The smallest absolute Gasteiger partial charge is 0.167 e. The van der Waals surface area contributed by atoms with Crippen molar-refractivity contribution in [2.45, 2.75) is 6.61 Å². The fourth-order valence-corrected chi connectivity index (χ4v) is 2.16. The highest BCUT2D eigenvalue weighted by Crippen LogP contribution is 2.24. The van der Waals surface area contributed by atoms with Crippen LogP contribution in [0, 0.1) is 5.82 Å². The van der Waals surface area contributed by atoms with E-state index in [9.17, 15) is 4.39 Å². The Kier molecular flexibility index (Phi) is 4.09. The van der Waals surface area contributed by atoms with Gasteiger partial charge < -0.3 is 10.5 Å². The molecule has 2 nitrogen and oxygen atoms in total. The lowest BCUT2D eigenvalue weighted by Crippen LogP contribution is -1.99. The van der Waals surface area contributed by atoms with Crippen molar-refractivity contribution in [2.75, 3.05) is 5.73 Å². The maximum Gasteiger partial charge on any atom is 0.167 e. The van der Waals surface area contributed by atoms with E-state index in [2.05, 4.69) is 15.9 Å². The Hall–Kier alpha value is -1.26. The van der Waals surface area contributed by atoms with Gasteiger partial charge in [0.15, 0.2) is 11.6 Å². The van der Waals surface area contributed by atoms with Gasteiger partial charge in [0.1, 0.15) is 6.61 Å². The SMILES string of the molecule is Nc1ccc(OCc2ccc(Br)cc2Cl)c(F)c1. The molecule has 0 amide bonds. The van der Waals surface area contributed by atoms with E-state index in [1.165, 1.54) is 12.1 Å². The van der Waals surface area contributed by atoms with Crippen molar-refractivity contribution in [1.29, 1.82) is 0 Å². The van der Waals surface area contributed by atoms with Crippen LogP contribution in [0.5, 0.6) is 5.75 Å². The Morgan fingerprint density at radius 1 is 1.22 bits per heavy atom. The number of rotatable bonds is 3. The monoisotopic (exact) mass is 329 g/mol. The number of hydrogen-bond acceptors (Lipinski definition) is 2. The summed E-state index contributed by atoms with van der Waals surface area (Å²) in [6.45, 7) is 0.201. The molecule has 0 spiro atoms. The number of anilines is 1. The van der Waals surface area contributed by atoms with Crippen molar-refractivity contribution in [2.24, 2.45) is 0 Å². The first-order chi connectivity index (χ1) is 8.56. The van der Waals surface area contributed by atoms with Crippen LogP contribution < -0.4 is 10.5 Å². The molecule has 18 heavy (non-hydrogen) atoms. The first-order valence-corrected chi connectivity index (χ1v) is 6.35. The molecule has 0 fully saturated rings. The van der Waals surface area contributed by atoms with Crippen LogP contribution in [-0.2, 0) is 6.61 Å². The van der Waals surface area contributed by atoms with Gasteiger partial charge >= 0.3 is 0 Å². The van der Waals surface area contributed by atoms with E-state index in [-0.39, 0.29) is 12.4 Å². The van der Waals surface area contributed by atoms with Crippen LogP contribution in [0.2, 0.25) is 5.02 Å². The minimum Gasteiger partial charge on any atom is -0.486 e. The van der Waals surface area contributed by atoms with Gasteiger partial charge in [0.25, 0.3) is 0 Å². The van der Waals surface area contributed by atoms with E-state index in [4.69, 9.17) is 22.1 Å². The standard InChI is InChI=1S/C13H10BrClFNO/c14-9-2-1-8(11(15)5-9)7-18-13-4-3-10(17)6-12(13)16/h1-6H,7,17H2. The Bertz CT molecular complexity index is 525. The summed E-state index contributed by atoms with van der Waals surface area (Å²) >= 11 is 9.35. The van der Waals surface area contributed by atoms with Crippen LogP contribution in [-0.4, -0.2) is 0 Å². The lowest BCUT2D eigenvalue weighted by Gasteiger charge is -2.09. The zero-order valence-electron chi connectivity index (χ0n) is 9.29. The molecule has 2 N–H and O–H groups in total. The van der Waals surface area contributed by atoms with Crippen LogP contribution in [0.3, 0.4) is 0 Å². The number of nitrogens with two attached hydrogens (primary N) is 1. The Labute approximate surface area is 118 Å². The minimum absolute atomic E-state index is 0.156. The van der Waals surface area contributed by atoms with Crippen molar-refractivity contribution in [3.8, 4) is 5.75 Å². The Balaban J connectivity index is 2.11. The third-order valence-corrected chi connectivity index (χ3v) is 3.20. The summed E-state index contributed by atoms with van der Waals surface area (Å²) in [5.41, 5.74) is 6.60. The summed E-state index contributed by atoms with van der Waals surface area (Å²) in [6.07, 6.45) is 0. The number of hydrogen-bond donors (Lipinski definition) is 1. The second-order valence-electron chi connectivity index (χ2n) is 3.71. The largest absolute Gasteiger partial charge is 0.486 e. The number of benzene rings is 2. The van der Waals surface area contributed by atoms with Crippen LogP contribution in [0.1, 0.15) is 5.56 Å². The average molecular weight is 331 g/mol. The molecular formula is C13H10BrClFNO. The summed E-state index contributed by atoms with van der Waals surface area (Å²) < 4.78 is 19.7. The summed E-state index contributed by atoms with van der Waals surface area (Å²) in [4.78, 5) is 0. The van der Waals surface area contributed by atoms with Crippen LogP contribution in [0.15, 0.2) is 40.9 Å². The second kappa shape index (κ2) is 5.59. The molecule has 0 saturated heterocycles. The van der Waals surface area contributed by atoms with Gasteiger partial charge in [-0.25, -0.2) is 4.39 Å². The molecule has 0 unspecified atom stereocenters. The predicted octanol–water partition coefficient (Wildman–Crippen LogP) is 4.40. The van der Waals surface area contributed by atoms with E-state index in [1.54, 1.807) is 12.1 Å². The molecule has 0 heterocycles. The average Bonchev–Trinajstić information content (AvgIpc) is 2.30. The van der Waals surface area contributed by atoms with Crippen molar-refractivity contribution in [1.82, 2.24) is 0 Å². The fraction of sp³-hybridized carbons (Fsp3) is 0.0769. The fourth-order valence-electron chi connectivity index (χ4n) is 1.43. The van der Waals surface area contributed by atoms with Gasteiger partial charge in [-0.3, -0.25) is 0 Å². The maximum atomic E-state index is 13.5. The van der Waals surface area contributed by atoms with Gasteiger partial charge in [0, 0.05) is 26.8 Å². The quantitative estimate of drug-likeness (QED) is 0.846. The molecular weight excluding hydrogens is 321 g/mol. The third-order valence-electron chi connectivity index (χ3n) is 2.35. The molecule has 0 aliphatic rings. The van der Waals surface area contributed by atoms with Crippen LogP contribution in [0.4, 0.5) is 10.1 Å². The zero-order chi connectivity index (χ0) is 13.1. The van der Waals surface area contributed by atoms with Gasteiger partial charge in [0.05, 0.1) is 0 Å². The van der Waals surface area contributed by atoms with Gasteiger partial charge in [-0.1, -0.05) is 33.6 Å². The van der Waals surface area contributed by atoms with E-state index in [1.807, 2.05) is 12.1 Å². The Morgan fingerprint density at radius 2 is 2.00 bits per heavy atom. The highest BCUT2D eigenvalue weighted by atomic mass is 79.9.